The van der Waals surface area contributed by atoms with Crippen LogP contribution in [0.5, 0.6) is 0 Å². The molecule has 0 radical (unpaired) electrons. The maximum absolute atomic E-state index is 14.4. The highest BCUT2D eigenvalue weighted by Crippen LogP contribution is 2.33. The highest BCUT2D eigenvalue weighted by Gasteiger charge is 2.37. The van der Waals surface area contributed by atoms with Gasteiger partial charge in [-0.3, -0.25) is 4.79 Å². The fourth-order valence-electron chi connectivity index (χ4n) is 6.44. The Bertz CT molecular complexity index is 1750. The summed E-state index contributed by atoms with van der Waals surface area (Å²) in [6, 6.07) is 37.8. The van der Waals surface area contributed by atoms with Crippen LogP contribution in [0.2, 0.25) is 0 Å². The number of amides is 1. The fourth-order valence-corrected chi connectivity index (χ4v) is 6.44. The van der Waals surface area contributed by atoms with Crippen molar-refractivity contribution in [1.82, 2.24) is 14.5 Å². The summed E-state index contributed by atoms with van der Waals surface area (Å²) in [5, 5.41) is 20.2. The number of carbonyl (C=O) groups is 1. The van der Waals surface area contributed by atoms with Crippen LogP contribution in [0.4, 0.5) is 0 Å². The lowest BCUT2D eigenvalue weighted by atomic mass is 9.88. The molecule has 226 valence electrons. The Morgan fingerprint density at radius 2 is 1.58 bits per heavy atom. The Morgan fingerprint density at radius 3 is 2.20 bits per heavy atom. The van der Waals surface area contributed by atoms with Gasteiger partial charge in [0.25, 0.3) is 0 Å². The van der Waals surface area contributed by atoms with Crippen LogP contribution in [0.3, 0.4) is 0 Å². The molecule has 0 aliphatic carbocycles. The number of aliphatic hydroxyl groups excluding tert-OH is 1. The lowest BCUT2D eigenvalue weighted by molar-refractivity contribution is -0.136. The first-order valence-corrected chi connectivity index (χ1v) is 15.8. The Morgan fingerprint density at radius 1 is 0.933 bits per heavy atom. The van der Waals surface area contributed by atoms with Crippen molar-refractivity contribution in [3.05, 3.63) is 149 Å². The number of carbonyl (C=O) groups excluding carboxylic acids is 1. The summed E-state index contributed by atoms with van der Waals surface area (Å²) in [4.78, 5) is 21.4. The zero-order valence-electron chi connectivity index (χ0n) is 25.6. The zero-order chi connectivity index (χ0) is 31.2. The number of fused-ring (bicyclic) bond motifs is 1. The predicted octanol–water partition coefficient (Wildman–Crippen LogP) is 6.89. The molecule has 0 fully saturated rings. The van der Waals surface area contributed by atoms with Crippen LogP contribution in [0.15, 0.2) is 109 Å². The average Bonchev–Trinajstić information content (AvgIpc) is 3.43. The number of rotatable bonds is 10. The van der Waals surface area contributed by atoms with Gasteiger partial charge in [0.2, 0.25) is 5.91 Å². The van der Waals surface area contributed by atoms with Gasteiger partial charge in [-0.1, -0.05) is 116 Å². The molecule has 0 bridgehead atoms. The molecule has 0 saturated carbocycles. The molecule has 1 aromatic heterocycles. The maximum Gasteiger partial charge on any atom is 0.235 e. The minimum atomic E-state index is -0.464. The van der Waals surface area contributed by atoms with Gasteiger partial charge in [-0.25, -0.2) is 4.98 Å². The Labute approximate surface area is 265 Å². The molecule has 2 heterocycles. The first kappa shape index (κ1) is 30.1. The van der Waals surface area contributed by atoms with Crippen molar-refractivity contribution in [2.75, 3.05) is 6.61 Å². The molecule has 0 unspecified atom stereocenters. The second-order valence-corrected chi connectivity index (χ2v) is 11.7. The van der Waals surface area contributed by atoms with Gasteiger partial charge in [0.15, 0.2) is 0 Å². The van der Waals surface area contributed by atoms with Crippen LogP contribution in [0.1, 0.15) is 65.1 Å². The quantitative estimate of drug-likeness (QED) is 0.191. The van der Waals surface area contributed by atoms with Gasteiger partial charge in [0.1, 0.15) is 5.82 Å². The van der Waals surface area contributed by atoms with Gasteiger partial charge >= 0.3 is 0 Å². The molecule has 6 heteroatoms. The largest absolute Gasteiger partial charge is 0.394 e. The molecule has 4 aromatic carbocycles. The smallest absolute Gasteiger partial charge is 0.235 e. The van der Waals surface area contributed by atoms with Crippen LogP contribution in [-0.2, 0) is 30.7 Å². The summed E-state index contributed by atoms with van der Waals surface area (Å²) in [5.74, 6) is 0.540. The summed E-state index contributed by atoms with van der Waals surface area (Å²) >= 11 is 0. The lowest BCUT2D eigenvalue weighted by Crippen LogP contribution is -2.48. The number of benzene rings is 4. The Balaban J connectivity index is 1.32. The molecule has 45 heavy (non-hydrogen) atoms. The number of nitrogens with zero attached hydrogens (tertiary/aromatic N) is 4. The fraction of sp³-hybridized carbons (Fsp3) is 0.256. The number of unbranched alkanes of at least 4 members (excludes halogenated alkanes) is 1. The summed E-state index contributed by atoms with van der Waals surface area (Å²) in [6.45, 7) is 3.08. The van der Waals surface area contributed by atoms with Gasteiger partial charge in [-0.05, 0) is 40.3 Å². The average molecular weight is 595 g/mol. The molecule has 6 rings (SSSR count). The van der Waals surface area contributed by atoms with E-state index in [0.29, 0.717) is 25.1 Å². The molecule has 1 N–H and O–H groups in total. The van der Waals surface area contributed by atoms with E-state index in [9.17, 15) is 15.2 Å². The number of aliphatic hydroxyl groups is 1. The van der Waals surface area contributed by atoms with E-state index in [1.54, 1.807) is 0 Å². The molecule has 0 spiro atoms. The van der Waals surface area contributed by atoms with Gasteiger partial charge in [-0.2, -0.15) is 5.26 Å². The maximum atomic E-state index is 14.4. The van der Waals surface area contributed by atoms with Crippen LogP contribution >= 0.6 is 0 Å². The summed E-state index contributed by atoms with van der Waals surface area (Å²) in [5.41, 5.74) is 7.62. The molecule has 1 amide bonds. The highest BCUT2D eigenvalue weighted by atomic mass is 16.3. The third-order valence-corrected chi connectivity index (χ3v) is 8.84. The first-order valence-electron chi connectivity index (χ1n) is 15.8. The van der Waals surface area contributed by atoms with Crippen molar-refractivity contribution in [2.45, 2.75) is 57.7 Å². The van der Waals surface area contributed by atoms with Crippen LogP contribution in [-0.4, -0.2) is 38.1 Å². The Kier molecular flexibility index (Phi) is 9.19. The standard InChI is InChI=1S/C39H38N4O2/c1-2-3-18-37-41-35-26-42(39(45)38(30-12-6-4-7-13-30)31-14-8-5-9-15-31)33(27-44)23-36(35)43(37)25-28-19-21-29(22-20-28)34-17-11-10-16-32(34)24-40/h4-17,19-22,33,38,44H,2-3,18,23,25-27H2,1H3/t33-/m0/s1. The van der Waals surface area contributed by atoms with E-state index < -0.39 is 5.92 Å². The van der Waals surface area contributed by atoms with Crippen LogP contribution in [0, 0.1) is 11.3 Å². The molecular weight excluding hydrogens is 556 g/mol. The predicted molar refractivity (Wildman–Crippen MR) is 176 cm³/mol. The number of hydrogen-bond donors (Lipinski definition) is 1. The van der Waals surface area contributed by atoms with Crippen molar-refractivity contribution in [3.63, 3.8) is 0 Å². The van der Waals surface area contributed by atoms with E-state index in [0.717, 1.165) is 64.3 Å². The number of aryl methyl sites for hydroxylation is 1. The van der Waals surface area contributed by atoms with E-state index in [1.165, 1.54) is 0 Å². The number of imidazole rings is 1. The molecule has 1 aliphatic heterocycles. The van der Waals surface area contributed by atoms with Crippen molar-refractivity contribution in [1.29, 1.82) is 5.26 Å². The molecule has 1 atom stereocenters. The van der Waals surface area contributed by atoms with E-state index in [1.807, 2.05) is 89.8 Å². The van der Waals surface area contributed by atoms with Crippen molar-refractivity contribution in [2.24, 2.45) is 0 Å². The SMILES string of the molecule is CCCCc1nc2c(n1Cc1ccc(-c3ccccc3C#N)cc1)C[C@@H](CO)N(C(=O)C(c1ccccc1)c1ccccc1)C2. The third kappa shape index (κ3) is 6.31. The number of nitriles is 1. The molecule has 6 nitrogen and oxygen atoms in total. The van der Waals surface area contributed by atoms with Gasteiger partial charge in [0, 0.05) is 25.1 Å². The van der Waals surface area contributed by atoms with E-state index in [-0.39, 0.29) is 18.6 Å². The van der Waals surface area contributed by atoms with Crippen molar-refractivity contribution in [3.8, 4) is 17.2 Å². The van der Waals surface area contributed by atoms with Crippen LogP contribution < -0.4 is 0 Å². The molecule has 0 saturated heterocycles. The van der Waals surface area contributed by atoms with Gasteiger partial charge in [-0.15, -0.1) is 0 Å². The van der Waals surface area contributed by atoms with Gasteiger partial charge < -0.3 is 14.6 Å². The number of aromatic nitrogens is 2. The topological polar surface area (TPSA) is 82.2 Å². The zero-order valence-corrected chi connectivity index (χ0v) is 25.6. The second-order valence-electron chi connectivity index (χ2n) is 11.7. The minimum absolute atomic E-state index is 0.0185. The highest BCUT2D eigenvalue weighted by molar-refractivity contribution is 5.87. The third-order valence-electron chi connectivity index (χ3n) is 8.84. The van der Waals surface area contributed by atoms with E-state index in [4.69, 9.17) is 4.98 Å². The molecular formula is C39H38N4O2. The van der Waals surface area contributed by atoms with E-state index >= 15 is 0 Å². The van der Waals surface area contributed by atoms with Crippen molar-refractivity contribution < 1.29 is 9.90 Å². The molecule has 5 aromatic rings. The monoisotopic (exact) mass is 594 g/mol. The van der Waals surface area contributed by atoms with Crippen LogP contribution in [0.25, 0.3) is 11.1 Å². The van der Waals surface area contributed by atoms with Gasteiger partial charge in [0.05, 0.1) is 42.4 Å². The lowest BCUT2D eigenvalue weighted by Gasteiger charge is -2.37. The minimum Gasteiger partial charge on any atom is -0.394 e. The normalized spacial score (nSPS) is 14.3. The Hall–Kier alpha value is -4.99. The summed E-state index contributed by atoms with van der Waals surface area (Å²) in [6.07, 6.45) is 3.48. The van der Waals surface area contributed by atoms with E-state index in [2.05, 4.69) is 41.8 Å². The second kappa shape index (κ2) is 13.8. The first-order chi connectivity index (χ1) is 22.1. The summed E-state index contributed by atoms with van der Waals surface area (Å²) < 4.78 is 2.31. The summed E-state index contributed by atoms with van der Waals surface area (Å²) in [7, 11) is 0. The molecule has 1 aliphatic rings. The van der Waals surface area contributed by atoms with Crippen molar-refractivity contribution >= 4 is 5.91 Å². The number of hydrogen-bond acceptors (Lipinski definition) is 4.